The highest BCUT2D eigenvalue weighted by Gasteiger charge is 2.28. The van der Waals surface area contributed by atoms with Crippen LogP contribution in [0, 0.1) is 6.92 Å². The van der Waals surface area contributed by atoms with Crippen LogP contribution in [-0.4, -0.2) is 50.3 Å². The Bertz CT molecular complexity index is 629. The molecule has 25 heavy (non-hydrogen) atoms. The van der Waals surface area contributed by atoms with Crippen LogP contribution in [0.4, 0.5) is 18.9 Å². The molecule has 6 nitrogen and oxygen atoms in total. The molecule has 1 atom stereocenters. The van der Waals surface area contributed by atoms with Crippen molar-refractivity contribution < 1.29 is 27.5 Å². The average Bonchev–Trinajstić information content (AvgIpc) is 2.55. The van der Waals surface area contributed by atoms with E-state index in [1.165, 1.54) is 12.1 Å². The van der Waals surface area contributed by atoms with Gasteiger partial charge in [-0.05, 0) is 24.6 Å². The number of amides is 2. The molecule has 0 aromatic heterocycles. The molecule has 1 aromatic carbocycles. The van der Waals surface area contributed by atoms with Gasteiger partial charge in [0.15, 0.2) is 0 Å². The SMILES string of the molecule is Cc1ccc(C(=O)NCC(F)(F)F)cc1NC(=O)CC1COCCN1. The van der Waals surface area contributed by atoms with Gasteiger partial charge in [-0.1, -0.05) is 6.07 Å². The van der Waals surface area contributed by atoms with Gasteiger partial charge >= 0.3 is 6.18 Å². The molecule has 1 aliphatic heterocycles. The fraction of sp³-hybridized carbons (Fsp3) is 0.500. The normalized spacial score (nSPS) is 17.8. The van der Waals surface area contributed by atoms with Crippen LogP contribution in [0.3, 0.4) is 0 Å². The molecule has 3 N–H and O–H groups in total. The predicted octanol–water partition coefficient (Wildman–Crippen LogP) is 1.60. The van der Waals surface area contributed by atoms with E-state index in [0.29, 0.717) is 31.0 Å². The molecule has 1 saturated heterocycles. The number of aryl methyl sites for hydroxylation is 1. The highest BCUT2D eigenvalue weighted by atomic mass is 19.4. The largest absolute Gasteiger partial charge is 0.405 e. The van der Waals surface area contributed by atoms with E-state index in [2.05, 4.69) is 10.6 Å². The minimum absolute atomic E-state index is 0.0456. The van der Waals surface area contributed by atoms with Crippen LogP contribution < -0.4 is 16.0 Å². The topological polar surface area (TPSA) is 79.5 Å². The first-order valence-electron chi connectivity index (χ1n) is 7.81. The van der Waals surface area contributed by atoms with Crippen molar-refractivity contribution in [3.05, 3.63) is 29.3 Å². The number of hydrogen-bond donors (Lipinski definition) is 3. The Morgan fingerprint density at radius 1 is 1.36 bits per heavy atom. The van der Waals surface area contributed by atoms with Crippen LogP contribution in [-0.2, 0) is 9.53 Å². The molecule has 1 unspecified atom stereocenters. The fourth-order valence-electron chi connectivity index (χ4n) is 2.36. The highest BCUT2D eigenvalue weighted by Crippen LogP contribution is 2.18. The summed E-state index contributed by atoms with van der Waals surface area (Å²) in [6.45, 7) is 2.04. The maximum atomic E-state index is 12.2. The Kier molecular flexibility index (Phi) is 6.38. The van der Waals surface area contributed by atoms with Crippen LogP contribution in [0.15, 0.2) is 18.2 Å². The van der Waals surface area contributed by atoms with Gasteiger partial charge in [0, 0.05) is 30.3 Å². The van der Waals surface area contributed by atoms with Gasteiger partial charge in [0.05, 0.1) is 13.2 Å². The maximum Gasteiger partial charge on any atom is 0.405 e. The van der Waals surface area contributed by atoms with Crippen molar-refractivity contribution in [2.75, 3.05) is 31.6 Å². The Morgan fingerprint density at radius 2 is 2.12 bits per heavy atom. The number of hydrogen-bond acceptors (Lipinski definition) is 4. The number of alkyl halides is 3. The number of benzene rings is 1. The minimum Gasteiger partial charge on any atom is -0.378 e. The molecule has 138 valence electrons. The molecule has 0 saturated carbocycles. The molecule has 1 fully saturated rings. The van der Waals surface area contributed by atoms with Gasteiger partial charge in [0.1, 0.15) is 6.54 Å². The van der Waals surface area contributed by atoms with Crippen molar-refractivity contribution in [1.82, 2.24) is 10.6 Å². The average molecular weight is 359 g/mol. The summed E-state index contributed by atoms with van der Waals surface area (Å²) in [5, 5.41) is 7.64. The first-order chi connectivity index (χ1) is 11.7. The molecule has 2 amide bonds. The lowest BCUT2D eigenvalue weighted by molar-refractivity contribution is -0.123. The zero-order valence-corrected chi connectivity index (χ0v) is 13.7. The molecular formula is C16H20F3N3O3. The van der Waals surface area contributed by atoms with Crippen molar-refractivity contribution in [3.63, 3.8) is 0 Å². The lowest BCUT2D eigenvalue weighted by Crippen LogP contribution is -2.43. The smallest absolute Gasteiger partial charge is 0.378 e. The highest BCUT2D eigenvalue weighted by molar-refractivity contribution is 5.97. The summed E-state index contributed by atoms with van der Waals surface area (Å²) in [4.78, 5) is 23.9. The molecule has 0 spiro atoms. The number of rotatable bonds is 5. The molecular weight excluding hydrogens is 339 g/mol. The Morgan fingerprint density at radius 3 is 2.76 bits per heavy atom. The summed E-state index contributed by atoms with van der Waals surface area (Å²) in [6, 6.07) is 4.25. The van der Waals surface area contributed by atoms with Crippen molar-refractivity contribution in [2.24, 2.45) is 0 Å². The van der Waals surface area contributed by atoms with Gasteiger partial charge in [0.25, 0.3) is 5.91 Å². The van der Waals surface area contributed by atoms with E-state index in [9.17, 15) is 22.8 Å². The zero-order chi connectivity index (χ0) is 18.4. The summed E-state index contributed by atoms with van der Waals surface area (Å²) in [7, 11) is 0. The number of carbonyl (C=O) groups is 2. The lowest BCUT2D eigenvalue weighted by Gasteiger charge is -2.23. The molecule has 1 aliphatic rings. The van der Waals surface area contributed by atoms with Gasteiger partial charge in [-0.2, -0.15) is 13.2 Å². The molecule has 0 radical (unpaired) electrons. The second-order valence-corrected chi connectivity index (χ2v) is 5.81. The van der Waals surface area contributed by atoms with Gasteiger partial charge in [-0.3, -0.25) is 9.59 Å². The number of morpholine rings is 1. The van der Waals surface area contributed by atoms with E-state index < -0.39 is 18.6 Å². The Balaban J connectivity index is 1.97. The summed E-state index contributed by atoms with van der Waals surface area (Å²) in [5.41, 5.74) is 1.14. The summed E-state index contributed by atoms with van der Waals surface area (Å²) in [5.74, 6) is -1.12. The third-order valence-corrected chi connectivity index (χ3v) is 3.65. The van der Waals surface area contributed by atoms with E-state index in [-0.39, 0.29) is 23.9 Å². The van der Waals surface area contributed by atoms with Crippen LogP contribution >= 0.6 is 0 Å². The quantitative estimate of drug-likeness (QED) is 0.746. The van der Waals surface area contributed by atoms with Crippen LogP contribution in [0.1, 0.15) is 22.3 Å². The number of ether oxygens (including phenoxy) is 1. The van der Waals surface area contributed by atoms with E-state index >= 15 is 0 Å². The maximum absolute atomic E-state index is 12.2. The first kappa shape index (κ1) is 19.2. The molecule has 0 aliphatic carbocycles. The minimum atomic E-state index is -4.48. The summed E-state index contributed by atoms with van der Waals surface area (Å²) < 4.78 is 41.8. The van der Waals surface area contributed by atoms with Gasteiger partial charge in [-0.15, -0.1) is 0 Å². The second kappa shape index (κ2) is 8.30. The molecule has 1 heterocycles. The molecule has 9 heteroatoms. The van der Waals surface area contributed by atoms with Crippen molar-refractivity contribution in [3.8, 4) is 0 Å². The molecule has 2 rings (SSSR count). The van der Waals surface area contributed by atoms with Crippen LogP contribution in [0.2, 0.25) is 0 Å². The van der Waals surface area contributed by atoms with Crippen molar-refractivity contribution >= 4 is 17.5 Å². The summed E-state index contributed by atoms with van der Waals surface area (Å²) >= 11 is 0. The van der Waals surface area contributed by atoms with Gasteiger partial charge < -0.3 is 20.7 Å². The van der Waals surface area contributed by atoms with Crippen molar-refractivity contribution in [2.45, 2.75) is 25.6 Å². The van der Waals surface area contributed by atoms with E-state index in [4.69, 9.17) is 4.74 Å². The summed E-state index contributed by atoms with van der Waals surface area (Å²) in [6.07, 6.45) is -4.28. The van der Waals surface area contributed by atoms with Gasteiger partial charge in [0.2, 0.25) is 5.91 Å². The number of nitrogens with one attached hydrogen (secondary N) is 3. The number of halogens is 3. The van der Waals surface area contributed by atoms with Crippen LogP contribution in [0.5, 0.6) is 0 Å². The molecule has 1 aromatic rings. The number of carbonyl (C=O) groups excluding carboxylic acids is 2. The van der Waals surface area contributed by atoms with Crippen LogP contribution in [0.25, 0.3) is 0 Å². The van der Waals surface area contributed by atoms with E-state index in [1.807, 2.05) is 0 Å². The number of anilines is 1. The second-order valence-electron chi connectivity index (χ2n) is 5.81. The lowest BCUT2D eigenvalue weighted by atomic mass is 10.1. The van der Waals surface area contributed by atoms with Gasteiger partial charge in [-0.25, -0.2) is 0 Å². The fourth-order valence-corrected chi connectivity index (χ4v) is 2.36. The van der Waals surface area contributed by atoms with Crippen molar-refractivity contribution in [1.29, 1.82) is 0 Å². The third kappa shape index (κ3) is 6.35. The Hall–Kier alpha value is -2.13. The van der Waals surface area contributed by atoms with E-state index in [0.717, 1.165) is 0 Å². The first-order valence-corrected chi connectivity index (χ1v) is 7.81. The molecule has 0 bridgehead atoms. The third-order valence-electron chi connectivity index (χ3n) is 3.65. The standard InChI is InChI=1S/C16H20F3N3O3/c1-10-2-3-11(15(24)21-9-16(17,18)19)6-13(10)22-14(23)7-12-8-25-5-4-20-12/h2-3,6,12,20H,4-5,7-9H2,1H3,(H,21,24)(H,22,23). The zero-order valence-electron chi connectivity index (χ0n) is 13.7. The Labute approximate surface area is 143 Å². The van der Waals surface area contributed by atoms with E-state index in [1.54, 1.807) is 18.3 Å². The predicted molar refractivity (Wildman–Crippen MR) is 85.4 cm³/mol. The monoisotopic (exact) mass is 359 g/mol.